The highest BCUT2D eigenvalue weighted by Gasteiger charge is 2.28. The van der Waals surface area contributed by atoms with Gasteiger partial charge in [-0.2, -0.15) is 4.31 Å². The van der Waals surface area contributed by atoms with E-state index in [0.29, 0.717) is 38.2 Å². The molecule has 30 heavy (non-hydrogen) atoms. The minimum absolute atomic E-state index is 0.0891. The summed E-state index contributed by atoms with van der Waals surface area (Å²) >= 11 is 0. The minimum Gasteiger partial charge on any atom is -0.308 e. The summed E-state index contributed by atoms with van der Waals surface area (Å²) in [5.74, 6) is -0.305. The third-order valence-corrected chi connectivity index (χ3v) is 8.42. The van der Waals surface area contributed by atoms with Crippen LogP contribution in [0.1, 0.15) is 36.2 Å². The predicted octanol–water partition coefficient (Wildman–Crippen LogP) is 2.71. The van der Waals surface area contributed by atoms with Gasteiger partial charge >= 0.3 is 0 Å². The van der Waals surface area contributed by atoms with Gasteiger partial charge in [0, 0.05) is 37.1 Å². The quantitative estimate of drug-likeness (QED) is 0.675. The van der Waals surface area contributed by atoms with Crippen LogP contribution in [0.4, 0.5) is 5.69 Å². The molecule has 0 aliphatic carbocycles. The largest absolute Gasteiger partial charge is 0.308 e. The topological polar surface area (TPSA) is 91.8 Å². The van der Waals surface area contributed by atoms with Crippen LogP contribution < -0.4 is 4.90 Å². The average molecular weight is 451 g/mol. The van der Waals surface area contributed by atoms with Crippen molar-refractivity contribution in [2.24, 2.45) is 0 Å². The molecule has 162 valence electrons. The van der Waals surface area contributed by atoms with E-state index < -0.39 is 19.9 Å². The van der Waals surface area contributed by atoms with Crippen LogP contribution in [-0.4, -0.2) is 52.9 Å². The molecule has 0 atom stereocenters. The first-order valence-electron chi connectivity index (χ1n) is 9.84. The van der Waals surface area contributed by atoms with E-state index in [1.807, 2.05) is 0 Å². The fraction of sp³-hybridized carbons (Fsp3) is 0.381. The zero-order chi connectivity index (χ0) is 22.1. The standard InChI is InChI=1S/C21H26N2O5S2/c1-4-22(5-2)30(27,28)19-11-12-20-16(14-19)9-7-13-23(20)21(24)17-8-6-10-18(15-17)29(3,25)26/h6,8,10-12,14-15H,4-5,7,9,13H2,1-3H3. The highest BCUT2D eigenvalue weighted by molar-refractivity contribution is 7.90. The van der Waals surface area contributed by atoms with Gasteiger partial charge in [-0.15, -0.1) is 0 Å². The number of carbonyl (C=O) groups excluding carboxylic acids is 1. The Labute approximate surface area is 178 Å². The van der Waals surface area contributed by atoms with Gasteiger partial charge in [0.25, 0.3) is 5.91 Å². The number of hydrogen-bond acceptors (Lipinski definition) is 5. The van der Waals surface area contributed by atoms with E-state index in [1.165, 1.54) is 22.5 Å². The third kappa shape index (κ3) is 4.28. The number of fused-ring (bicyclic) bond motifs is 1. The smallest absolute Gasteiger partial charge is 0.258 e. The lowest BCUT2D eigenvalue weighted by molar-refractivity contribution is 0.0985. The molecule has 0 saturated carbocycles. The summed E-state index contributed by atoms with van der Waals surface area (Å²) in [5, 5.41) is 0. The molecule has 0 aromatic heterocycles. The van der Waals surface area contributed by atoms with Gasteiger partial charge < -0.3 is 4.90 Å². The lowest BCUT2D eigenvalue weighted by Gasteiger charge is -2.30. The molecule has 0 bridgehead atoms. The second-order valence-corrected chi connectivity index (χ2v) is 11.2. The van der Waals surface area contributed by atoms with Crippen molar-refractivity contribution in [2.45, 2.75) is 36.5 Å². The molecular formula is C21H26N2O5S2. The Morgan fingerprint density at radius 2 is 1.70 bits per heavy atom. The lowest BCUT2D eigenvalue weighted by Crippen LogP contribution is -2.36. The fourth-order valence-corrected chi connectivity index (χ4v) is 5.85. The first-order valence-corrected chi connectivity index (χ1v) is 13.2. The normalized spacial score (nSPS) is 14.6. The van der Waals surface area contributed by atoms with E-state index in [-0.39, 0.29) is 21.3 Å². The van der Waals surface area contributed by atoms with Crippen LogP contribution in [-0.2, 0) is 26.3 Å². The van der Waals surface area contributed by atoms with E-state index in [1.54, 1.807) is 43.0 Å². The zero-order valence-corrected chi connectivity index (χ0v) is 19.0. The maximum Gasteiger partial charge on any atom is 0.258 e. The van der Waals surface area contributed by atoms with Gasteiger partial charge in [-0.25, -0.2) is 16.8 Å². The van der Waals surface area contributed by atoms with Gasteiger partial charge in [0.15, 0.2) is 9.84 Å². The zero-order valence-electron chi connectivity index (χ0n) is 17.3. The molecule has 0 saturated heterocycles. The van der Waals surface area contributed by atoms with Crippen LogP contribution in [0.15, 0.2) is 52.3 Å². The van der Waals surface area contributed by atoms with Crippen LogP contribution in [0, 0.1) is 0 Å². The van der Waals surface area contributed by atoms with Crippen molar-refractivity contribution in [2.75, 3.05) is 30.8 Å². The van der Waals surface area contributed by atoms with Gasteiger partial charge in [-0.3, -0.25) is 4.79 Å². The number of rotatable bonds is 6. The molecule has 9 heteroatoms. The summed E-state index contributed by atoms with van der Waals surface area (Å²) in [7, 11) is -7.01. The summed E-state index contributed by atoms with van der Waals surface area (Å²) < 4.78 is 50.7. The summed E-state index contributed by atoms with van der Waals surface area (Å²) in [5.41, 5.74) is 1.74. The second kappa shape index (κ2) is 8.49. The van der Waals surface area contributed by atoms with E-state index in [4.69, 9.17) is 0 Å². The van der Waals surface area contributed by atoms with Crippen molar-refractivity contribution in [3.63, 3.8) is 0 Å². The van der Waals surface area contributed by atoms with Crippen molar-refractivity contribution < 1.29 is 21.6 Å². The number of benzene rings is 2. The molecule has 1 amide bonds. The number of carbonyl (C=O) groups is 1. The Hall–Kier alpha value is -2.23. The molecule has 2 aromatic carbocycles. The van der Waals surface area contributed by atoms with Crippen molar-refractivity contribution in [1.29, 1.82) is 0 Å². The minimum atomic E-state index is -3.58. The van der Waals surface area contributed by atoms with Gasteiger partial charge in [-0.1, -0.05) is 19.9 Å². The molecule has 3 rings (SSSR count). The van der Waals surface area contributed by atoms with Crippen molar-refractivity contribution >= 4 is 31.5 Å². The van der Waals surface area contributed by atoms with Gasteiger partial charge in [0.2, 0.25) is 10.0 Å². The van der Waals surface area contributed by atoms with E-state index in [2.05, 4.69) is 0 Å². The summed E-state index contributed by atoms with van der Waals surface area (Å²) in [6.07, 6.45) is 2.47. The Balaban J connectivity index is 1.98. The van der Waals surface area contributed by atoms with Gasteiger partial charge in [0.05, 0.1) is 9.79 Å². The van der Waals surface area contributed by atoms with Crippen LogP contribution in [0.2, 0.25) is 0 Å². The van der Waals surface area contributed by atoms with E-state index >= 15 is 0 Å². The number of anilines is 1. The molecular weight excluding hydrogens is 424 g/mol. The average Bonchev–Trinajstić information content (AvgIpc) is 2.72. The highest BCUT2D eigenvalue weighted by Crippen LogP contribution is 2.31. The maximum absolute atomic E-state index is 13.1. The molecule has 0 unspecified atom stereocenters. The van der Waals surface area contributed by atoms with Crippen LogP contribution in [0.3, 0.4) is 0 Å². The third-order valence-electron chi connectivity index (χ3n) is 5.27. The number of sulfonamides is 1. The molecule has 1 aliphatic rings. The number of hydrogen-bond donors (Lipinski definition) is 0. The molecule has 0 fully saturated rings. The Morgan fingerprint density at radius 3 is 2.33 bits per heavy atom. The Morgan fingerprint density at radius 1 is 1.00 bits per heavy atom. The number of aryl methyl sites for hydroxylation is 1. The molecule has 0 N–H and O–H groups in total. The highest BCUT2D eigenvalue weighted by atomic mass is 32.2. The van der Waals surface area contributed by atoms with Crippen molar-refractivity contribution in [3.05, 3.63) is 53.6 Å². The van der Waals surface area contributed by atoms with Gasteiger partial charge in [0.1, 0.15) is 0 Å². The Kier molecular flexibility index (Phi) is 6.35. The Bertz CT molecular complexity index is 1170. The van der Waals surface area contributed by atoms with Crippen molar-refractivity contribution in [3.8, 4) is 0 Å². The number of nitrogens with zero attached hydrogens (tertiary/aromatic N) is 2. The summed E-state index contributed by atoms with van der Waals surface area (Å²) in [6.45, 7) is 4.85. The first-order chi connectivity index (χ1) is 14.1. The number of amides is 1. The van der Waals surface area contributed by atoms with Gasteiger partial charge in [-0.05, 0) is 54.8 Å². The second-order valence-electron chi connectivity index (χ2n) is 7.24. The predicted molar refractivity (Wildman–Crippen MR) is 116 cm³/mol. The van der Waals surface area contributed by atoms with Crippen LogP contribution >= 0.6 is 0 Å². The fourth-order valence-electron chi connectivity index (χ4n) is 3.67. The molecule has 2 aromatic rings. The van der Waals surface area contributed by atoms with Crippen molar-refractivity contribution in [1.82, 2.24) is 4.31 Å². The SMILES string of the molecule is CCN(CC)S(=O)(=O)c1ccc2c(c1)CCCN2C(=O)c1cccc(S(C)(=O)=O)c1. The first kappa shape index (κ1) is 22.5. The molecule has 1 heterocycles. The van der Waals surface area contributed by atoms with Crippen LogP contribution in [0.25, 0.3) is 0 Å². The summed E-state index contributed by atoms with van der Waals surface area (Å²) in [4.78, 5) is 15.0. The van der Waals surface area contributed by atoms with Crippen LogP contribution in [0.5, 0.6) is 0 Å². The monoisotopic (exact) mass is 450 g/mol. The molecule has 1 aliphatic heterocycles. The number of sulfone groups is 1. The maximum atomic E-state index is 13.1. The molecule has 0 spiro atoms. The van der Waals surface area contributed by atoms with E-state index in [9.17, 15) is 21.6 Å². The molecule has 7 nitrogen and oxygen atoms in total. The molecule has 0 radical (unpaired) electrons. The lowest BCUT2D eigenvalue weighted by atomic mass is 10.0. The van der Waals surface area contributed by atoms with E-state index in [0.717, 1.165) is 11.8 Å². The summed E-state index contributed by atoms with van der Waals surface area (Å²) in [6, 6.07) is 10.8.